The second-order valence-electron chi connectivity index (χ2n) is 4.98. The monoisotopic (exact) mass is 332 g/mol. The van der Waals surface area contributed by atoms with Crippen molar-refractivity contribution < 1.29 is 9.53 Å². The second kappa shape index (κ2) is 8.47. The zero-order chi connectivity index (χ0) is 16.7. The van der Waals surface area contributed by atoms with Crippen molar-refractivity contribution in [1.82, 2.24) is 15.2 Å². The number of hydrogen-bond donors (Lipinski definition) is 1. The number of anilines is 1. The number of carbonyl (C=O) groups excluding carboxylic acids is 1. The molecule has 122 valence electrons. The van der Waals surface area contributed by atoms with Crippen molar-refractivity contribution in [2.45, 2.75) is 19.4 Å². The molecule has 0 amide bonds. The molecule has 0 saturated carbocycles. The number of carbonyl (C=O) groups is 1. The highest BCUT2D eigenvalue weighted by Gasteiger charge is 2.20. The van der Waals surface area contributed by atoms with Crippen molar-refractivity contribution in [2.75, 3.05) is 24.4 Å². The van der Waals surface area contributed by atoms with Crippen LogP contribution in [-0.4, -0.2) is 46.3 Å². The molecule has 0 aliphatic rings. The van der Waals surface area contributed by atoms with Gasteiger partial charge < -0.3 is 10.1 Å². The molecule has 0 fully saturated rings. The molecule has 7 heteroatoms. The van der Waals surface area contributed by atoms with Crippen molar-refractivity contribution in [3.63, 3.8) is 0 Å². The van der Waals surface area contributed by atoms with Gasteiger partial charge in [0, 0.05) is 5.56 Å². The molecule has 0 spiro atoms. The summed E-state index contributed by atoms with van der Waals surface area (Å²) >= 11 is 1.67. The Morgan fingerprint density at radius 1 is 1.39 bits per heavy atom. The first-order valence-corrected chi connectivity index (χ1v) is 8.64. The fraction of sp³-hybridized carbons (Fsp3) is 0.375. The number of nitrogens with one attached hydrogen (secondary N) is 1. The first-order valence-electron chi connectivity index (χ1n) is 7.24. The van der Waals surface area contributed by atoms with Crippen LogP contribution in [-0.2, 0) is 9.53 Å². The van der Waals surface area contributed by atoms with Gasteiger partial charge in [-0.15, -0.1) is 5.10 Å². The van der Waals surface area contributed by atoms with Gasteiger partial charge in [-0.1, -0.05) is 24.3 Å². The summed E-state index contributed by atoms with van der Waals surface area (Å²) in [6.45, 7) is 2.01. The molecule has 0 aliphatic carbocycles. The molecule has 0 radical (unpaired) electrons. The van der Waals surface area contributed by atoms with Crippen LogP contribution in [0.5, 0.6) is 0 Å². The van der Waals surface area contributed by atoms with Crippen molar-refractivity contribution in [2.24, 2.45) is 0 Å². The largest absolute Gasteiger partial charge is 0.467 e. The van der Waals surface area contributed by atoms with Gasteiger partial charge in [0.2, 0.25) is 5.95 Å². The third-order valence-corrected chi connectivity index (χ3v) is 4.02. The average Bonchev–Trinajstić information content (AvgIpc) is 2.58. The standard InChI is InChI=1S/C16H20N4O2S/c1-11-6-4-5-7-12(11)14-10-17-20-16(19-14)18-13(8-9-23-3)15(21)22-2/h4-7,10,13H,8-9H2,1-3H3,(H,18,19,20)/t13-/m1/s1. The molecule has 1 aromatic heterocycles. The fourth-order valence-electron chi connectivity index (χ4n) is 2.14. The molecule has 1 atom stereocenters. The number of benzene rings is 1. The summed E-state index contributed by atoms with van der Waals surface area (Å²) in [5.74, 6) is 0.823. The van der Waals surface area contributed by atoms with E-state index in [2.05, 4.69) is 20.5 Å². The molecule has 0 saturated heterocycles. The van der Waals surface area contributed by atoms with E-state index in [1.54, 1.807) is 18.0 Å². The van der Waals surface area contributed by atoms with Gasteiger partial charge in [0.15, 0.2) is 0 Å². The van der Waals surface area contributed by atoms with Crippen LogP contribution >= 0.6 is 11.8 Å². The lowest BCUT2D eigenvalue weighted by atomic mass is 10.1. The Hall–Kier alpha value is -2.15. The van der Waals surface area contributed by atoms with E-state index in [1.165, 1.54) is 7.11 Å². The topological polar surface area (TPSA) is 77.0 Å². The molecule has 23 heavy (non-hydrogen) atoms. The number of rotatable bonds is 7. The molecule has 6 nitrogen and oxygen atoms in total. The first-order chi connectivity index (χ1) is 11.2. The van der Waals surface area contributed by atoms with Gasteiger partial charge in [-0.25, -0.2) is 9.78 Å². The molecule has 0 unspecified atom stereocenters. The second-order valence-corrected chi connectivity index (χ2v) is 5.97. The Morgan fingerprint density at radius 3 is 2.87 bits per heavy atom. The SMILES string of the molecule is COC(=O)[C@@H](CCSC)Nc1nncc(-c2ccccc2C)n1. The third-order valence-electron chi connectivity index (χ3n) is 3.38. The number of aryl methyl sites for hydroxylation is 1. The summed E-state index contributed by atoms with van der Waals surface area (Å²) in [5, 5.41) is 11.0. The summed E-state index contributed by atoms with van der Waals surface area (Å²) in [4.78, 5) is 16.3. The van der Waals surface area contributed by atoms with Crippen LogP contribution in [0, 0.1) is 6.92 Å². The smallest absolute Gasteiger partial charge is 0.328 e. The van der Waals surface area contributed by atoms with Crippen LogP contribution in [0.25, 0.3) is 11.3 Å². The summed E-state index contributed by atoms with van der Waals surface area (Å²) in [6, 6.07) is 7.44. The van der Waals surface area contributed by atoms with Crippen LogP contribution < -0.4 is 5.32 Å². The molecular formula is C16H20N4O2S. The maximum atomic E-state index is 11.9. The number of aromatic nitrogens is 3. The van der Waals surface area contributed by atoms with Gasteiger partial charge in [-0.3, -0.25) is 0 Å². The Kier molecular flexibility index (Phi) is 6.34. The number of nitrogens with zero attached hydrogens (tertiary/aromatic N) is 3. The van der Waals surface area contributed by atoms with Gasteiger partial charge in [0.05, 0.1) is 19.0 Å². The first kappa shape index (κ1) is 17.2. The minimum Gasteiger partial charge on any atom is -0.467 e. The highest BCUT2D eigenvalue weighted by Crippen LogP contribution is 2.21. The van der Waals surface area contributed by atoms with E-state index in [9.17, 15) is 4.79 Å². The quantitative estimate of drug-likeness (QED) is 0.781. The molecule has 2 aromatic rings. The van der Waals surface area contributed by atoms with Gasteiger partial charge >= 0.3 is 5.97 Å². The Morgan fingerprint density at radius 2 is 2.17 bits per heavy atom. The van der Waals surface area contributed by atoms with E-state index in [4.69, 9.17) is 4.74 Å². The zero-order valence-electron chi connectivity index (χ0n) is 13.4. The lowest BCUT2D eigenvalue weighted by molar-refractivity contribution is -0.141. The third kappa shape index (κ3) is 4.66. The van der Waals surface area contributed by atoms with Crippen LogP contribution in [0.1, 0.15) is 12.0 Å². The van der Waals surface area contributed by atoms with Gasteiger partial charge in [0.1, 0.15) is 6.04 Å². The molecule has 1 aromatic carbocycles. The van der Waals surface area contributed by atoms with Gasteiger partial charge in [-0.2, -0.15) is 16.9 Å². The fourth-order valence-corrected chi connectivity index (χ4v) is 2.61. The Balaban J connectivity index is 2.21. The minimum atomic E-state index is -0.485. The average molecular weight is 332 g/mol. The predicted molar refractivity (Wildman–Crippen MR) is 92.4 cm³/mol. The van der Waals surface area contributed by atoms with Crippen molar-refractivity contribution in [3.05, 3.63) is 36.0 Å². The highest BCUT2D eigenvalue weighted by atomic mass is 32.2. The highest BCUT2D eigenvalue weighted by molar-refractivity contribution is 7.98. The van der Waals surface area contributed by atoms with Crippen LogP contribution in [0.2, 0.25) is 0 Å². The van der Waals surface area contributed by atoms with E-state index < -0.39 is 6.04 Å². The van der Waals surface area contributed by atoms with Gasteiger partial charge in [-0.05, 0) is 30.9 Å². The maximum absolute atomic E-state index is 11.9. The number of hydrogen-bond acceptors (Lipinski definition) is 7. The van der Waals surface area contributed by atoms with Crippen molar-refractivity contribution in [1.29, 1.82) is 0 Å². The summed E-state index contributed by atoms with van der Waals surface area (Å²) < 4.78 is 4.83. The van der Waals surface area contributed by atoms with E-state index >= 15 is 0 Å². The van der Waals surface area contributed by atoms with Crippen LogP contribution in [0.3, 0.4) is 0 Å². The van der Waals surface area contributed by atoms with E-state index in [-0.39, 0.29) is 5.97 Å². The minimum absolute atomic E-state index is 0.322. The molecular weight excluding hydrogens is 312 g/mol. The van der Waals surface area contributed by atoms with E-state index in [0.717, 1.165) is 16.9 Å². The molecule has 1 heterocycles. The molecule has 0 aliphatic heterocycles. The van der Waals surface area contributed by atoms with E-state index in [0.29, 0.717) is 18.1 Å². The van der Waals surface area contributed by atoms with Crippen LogP contribution in [0.4, 0.5) is 5.95 Å². The maximum Gasteiger partial charge on any atom is 0.328 e. The number of esters is 1. The molecule has 1 N–H and O–H groups in total. The lowest BCUT2D eigenvalue weighted by Crippen LogP contribution is -2.32. The normalized spacial score (nSPS) is 11.8. The lowest BCUT2D eigenvalue weighted by Gasteiger charge is -2.16. The number of ether oxygens (including phenoxy) is 1. The summed E-state index contributed by atoms with van der Waals surface area (Å²) in [5.41, 5.74) is 2.81. The molecule has 0 bridgehead atoms. The Labute approximate surface area is 140 Å². The zero-order valence-corrected chi connectivity index (χ0v) is 14.3. The number of thioether (sulfide) groups is 1. The van der Waals surface area contributed by atoms with Crippen LogP contribution in [0.15, 0.2) is 30.5 Å². The van der Waals surface area contributed by atoms with Crippen molar-refractivity contribution >= 4 is 23.7 Å². The van der Waals surface area contributed by atoms with Crippen molar-refractivity contribution in [3.8, 4) is 11.3 Å². The summed E-state index contributed by atoms with van der Waals surface area (Å²) in [6.07, 6.45) is 4.24. The predicted octanol–water partition coefficient (Wildman–Crippen LogP) is 2.55. The Bertz CT molecular complexity index is 666. The van der Waals surface area contributed by atoms with Gasteiger partial charge in [0.25, 0.3) is 0 Å². The molecule has 2 rings (SSSR count). The van der Waals surface area contributed by atoms with E-state index in [1.807, 2.05) is 37.4 Å². The number of methoxy groups -OCH3 is 1. The summed E-state index contributed by atoms with van der Waals surface area (Å²) in [7, 11) is 1.37.